The molecule has 1 aromatic heterocycles. The molecule has 90 valence electrons. The standard InChI is InChI=1S/C10H13N5O2/c11-15-9(16)12-4-3-6-1-2-7-8(5-6)14-10(17)13-7/h1-2,5H,3-4,11H2,(H2,12,15,16)(H2,13,14,17). The highest BCUT2D eigenvalue weighted by atomic mass is 16.2. The third-order valence-electron chi connectivity index (χ3n) is 2.41. The van der Waals surface area contributed by atoms with E-state index in [4.69, 9.17) is 5.84 Å². The second-order valence-corrected chi connectivity index (χ2v) is 3.61. The van der Waals surface area contributed by atoms with Gasteiger partial charge in [0.15, 0.2) is 0 Å². The number of H-pyrrole nitrogens is 2. The van der Waals surface area contributed by atoms with Crippen LogP contribution in [0.5, 0.6) is 0 Å². The van der Waals surface area contributed by atoms with Crippen LogP contribution < -0.4 is 22.3 Å². The van der Waals surface area contributed by atoms with E-state index in [9.17, 15) is 9.59 Å². The number of amides is 2. The Morgan fingerprint density at radius 3 is 2.82 bits per heavy atom. The fraction of sp³-hybridized carbons (Fsp3) is 0.200. The van der Waals surface area contributed by atoms with Gasteiger partial charge in [0.2, 0.25) is 0 Å². The molecule has 0 aliphatic heterocycles. The summed E-state index contributed by atoms with van der Waals surface area (Å²) in [7, 11) is 0. The molecule has 7 nitrogen and oxygen atoms in total. The second-order valence-electron chi connectivity index (χ2n) is 3.61. The van der Waals surface area contributed by atoms with Crippen LogP contribution in [-0.4, -0.2) is 22.5 Å². The Morgan fingerprint density at radius 2 is 2.06 bits per heavy atom. The van der Waals surface area contributed by atoms with Gasteiger partial charge in [0.25, 0.3) is 0 Å². The fourth-order valence-electron chi connectivity index (χ4n) is 1.61. The minimum Gasteiger partial charge on any atom is -0.337 e. The summed E-state index contributed by atoms with van der Waals surface area (Å²) in [5.41, 5.74) is 4.31. The number of nitrogens with two attached hydrogens (primary N) is 1. The normalized spacial score (nSPS) is 10.4. The largest absolute Gasteiger partial charge is 0.337 e. The highest BCUT2D eigenvalue weighted by Gasteiger charge is 2.01. The number of hydrogen-bond donors (Lipinski definition) is 5. The Bertz CT molecular complexity index is 586. The minimum absolute atomic E-state index is 0.224. The Balaban J connectivity index is 2.04. The van der Waals surface area contributed by atoms with Gasteiger partial charge in [0.05, 0.1) is 11.0 Å². The predicted molar refractivity (Wildman–Crippen MR) is 63.3 cm³/mol. The van der Waals surface area contributed by atoms with E-state index in [2.05, 4.69) is 15.3 Å². The summed E-state index contributed by atoms with van der Waals surface area (Å²) in [6.07, 6.45) is 0.663. The van der Waals surface area contributed by atoms with Gasteiger partial charge in [-0.1, -0.05) is 6.07 Å². The maximum Gasteiger partial charge on any atom is 0.328 e. The van der Waals surface area contributed by atoms with Gasteiger partial charge in [0.1, 0.15) is 0 Å². The molecule has 0 unspecified atom stereocenters. The lowest BCUT2D eigenvalue weighted by Gasteiger charge is -2.04. The van der Waals surface area contributed by atoms with Crippen molar-refractivity contribution in [2.75, 3.05) is 6.54 Å². The number of fused-ring (bicyclic) bond motifs is 1. The van der Waals surface area contributed by atoms with Crippen LogP contribution in [0.25, 0.3) is 11.0 Å². The highest BCUT2D eigenvalue weighted by Crippen LogP contribution is 2.10. The van der Waals surface area contributed by atoms with Gasteiger partial charge in [-0.05, 0) is 24.1 Å². The van der Waals surface area contributed by atoms with E-state index in [-0.39, 0.29) is 5.69 Å². The molecule has 0 aliphatic carbocycles. The number of rotatable bonds is 3. The van der Waals surface area contributed by atoms with Gasteiger partial charge in [-0.25, -0.2) is 15.4 Å². The lowest BCUT2D eigenvalue weighted by Crippen LogP contribution is -2.40. The number of hydrazine groups is 1. The topological polar surface area (TPSA) is 116 Å². The summed E-state index contributed by atoms with van der Waals surface area (Å²) in [5, 5.41) is 2.58. The molecule has 2 amide bonds. The average Bonchev–Trinajstić information content (AvgIpc) is 2.68. The van der Waals surface area contributed by atoms with Crippen molar-refractivity contribution in [2.24, 2.45) is 5.84 Å². The highest BCUT2D eigenvalue weighted by molar-refractivity contribution is 5.75. The Labute approximate surface area is 96.4 Å². The molecule has 0 fully saturated rings. The first kappa shape index (κ1) is 11.2. The first-order valence-electron chi connectivity index (χ1n) is 5.14. The van der Waals surface area contributed by atoms with E-state index < -0.39 is 6.03 Å². The van der Waals surface area contributed by atoms with Crippen LogP contribution in [0, 0.1) is 0 Å². The van der Waals surface area contributed by atoms with Crippen LogP contribution in [0.15, 0.2) is 23.0 Å². The number of imidazole rings is 1. The van der Waals surface area contributed by atoms with E-state index in [1.807, 2.05) is 23.6 Å². The Morgan fingerprint density at radius 1 is 1.29 bits per heavy atom. The molecule has 0 saturated carbocycles. The molecule has 0 atom stereocenters. The Hall–Kier alpha value is -2.28. The predicted octanol–water partition coefficient (Wildman–Crippen LogP) is -0.428. The van der Waals surface area contributed by atoms with Crippen molar-refractivity contribution in [3.8, 4) is 0 Å². The monoisotopic (exact) mass is 235 g/mol. The van der Waals surface area contributed by atoms with Crippen LogP contribution in [0.1, 0.15) is 5.56 Å². The Kier molecular flexibility index (Phi) is 3.10. The number of hydrogen-bond acceptors (Lipinski definition) is 3. The third kappa shape index (κ3) is 2.64. The van der Waals surface area contributed by atoms with Crippen molar-refractivity contribution in [3.63, 3.8) is 0 Å². The van der Waals surface area contributed by atoms with Crippen molar-refractivity contribution in [1.82, 2.24) is 20.7 Å². The van der Waals surface area contributed by atoms with Crippen molar-refractivity contribution in [3.05, 3.63) is 34.2 Å². The molecule has 0 aliphatic rings. The van der Waals surface area contributed by atoms with E-state index in [0.717, 1.165) is 16.6 Å². The molecule has 0 saturated heterocycles. The number of urea groups is 1. The van der Waals surface area contributed by atoms with Gasteiger partial charge in [0, 0.05) is 6.54 Å². The lowest BCUT2D eigenvalue weighted by atomic mass is 10.1. The van der Waals surface area contributed by atoms with Crippen molar-refractivity contribution < 1.29 is 4.79 Å². The SMILES string of the molecule is NNC(=O)NCCc1ccc2[nH]c(=O)[nH]c2c1. The second kappa shape index (κ2) is 4.71. The number of aromatic amines is 2. The molecule has 1 aromatic carbocycles. The summed E-state index contributed by atoms with van der Waals surface area (Å²) in [4.78, 5) is 27.2. The number of aromatic nitrogens is 2. The molecule has 2 rings (SSSR count). The molecule has 0 spiro atoms. The van der Waals surface area contributed by atoms with Crippen LogP contribution in [0.2, 0.25) is 0 Å². The van der Waals surface area contributed by atoms with Crippen molar-refractivity contribution >= 4 is 17.1 Å². The van der Waals surface area contributed by atoms with Crippen LogP contribution in [0.4, 0.5) is 4.79 Å². The smallest absolute Gasteiger partial charge is 0.328 e. The molecule has 2 aromatic rings. The maximum atomic E-state index is 11.1. The van der Waals surface area contributed by atoms with Gasteiger partial charge in [-0.2, -0.15) is 0 Å². The van der Waals surface area contributed by atoms with E-state index in [1.54, 1.807) is 0 Å². The van der Waals surface area contributed by atoms with Crippen LogP contribution in [-0.2, 0) is 6.42 Å². The lowest BCUT2D eigenvalue weighted by molar-refractivity contribution is 0.241. The molecule has 7 heteroatoms. The summed E-state index contributed by atoms with van der Waals surface area (Å²) < 4.78 is 0. The average molecular weight is 235 g/mol. The number of benzene rings is 1. The summed E-state index contributed by atoms with van der Waals surface area (Å²) >= 11 is 0. The van der Waals surface area contributed by atoms with E-state index in [1.165, 1.54) is 0 Å². The summed E-state index contributed by atoms with van der Waals surface area (Å²) in [5.74, 6) is 4.92. The number of nitrogens with one attached hydrogen (secondary N) is 4. The zero-order valence-electron chi connectivity index (χ0n) is 9.04. The van der Waals surface area contributed by atoms with Gasteiger partial charge in [-0.3, -0.25) is 5.43 Å². The molecule has 0 radical (unpaired) electrons. The quantitative estimate of drug-likeness (QED) is 0.282. The zero-order chi connectivity index (χ0) is 12.3. The first-order chi connectivity index (χ1) is 8.19. The number of carbonyl (C=O) groups is 1. The molecular formula is C10H13N5O2. The number of carbonyl (C=O) groups excluding carboxylic acids is 1. The zero-order valence-corrected chi connectivity index (χ0v) is 9.04. The maximum absolute atomic E-state index is 11.1. The molecule has 17 heavy (non-hydrogen) atoms. The minimum atomic E-state index is -0.416. The van der Waals surface area contributed by atoms with Gasteiger partial charge < -0.3 is 15.3 Å². The third-order valence-corrected chi connectivity index (χ3v) is 2.41. The van der Waals surface area contributed by atoms with Gasteiger partial charge in [-0.15, -0.1) is 0 Å². The molecule has 1 heterocycles. The molecule has 0 bridgehead atoms. The van der Waals surface area contributed by atoms with Crippen LogP contribution >= 0.6 is 0 Å². The molecule has 6 N–H and O–H groups in total. The summed E-state index contributed by atoms with van der Waals surface area (Å²) in [6.45, 7) is 0.475. The van der Waals surface area contributed by atoms with Crippen LogP contribution in [0.3, 0.4) is 0 Å². The molecular weight excluding hydrogens is 222 g/mol. The van der Waals surface area contributed by atoms with E-state index >= 15 is 0 Å². The van der Waals surface area contributed by atoms with Gasteiger partial charge >= 0.3 is 11.7 Å². The van der Waals surface area contributed by atoms with Crippen molar-refractivity contribution in [1.29, 1.82) is 0 Å². The summed E-state index contributed by atoms with van der Waals surface area (Å²) in [6, 6.07) is 5.18. The van der Waals surface area contributed by atoms with E-state index in [0.29, 0.717) is 13.0 Å². The first-order valence-corrected chi connectivity index (χ1v) is 5.14. The van der Waals surface area contributed by atoms with Crippen molar-refractivity contribution in [2.45, 2.75) is 6.42 Å². The fourth-order valence-corrected chi connectivity index (χ4v) is 1.61.